The quantitative estimate of drug-likeness (QED) is 0.326. The van der Waals surface area contributed by atoms with Crippen molar-refractivity contribution in [3.05, 3.63) is 24.5 Å². The Hall–Kier alpha value is -1.94. The number of nitrogens with one attached hydrogen (secondary N) is 1. The highest BCUT2D eigenvalue weighted by atomic mass is 16.5. The predicted molar refractivity (Wildman–Crippen MR) is 77.2 cm³/mol. The van der Waals surface area contributed by atoms with Gasteiger partial charge in [0.1, 0.15) is 18.3 Å². The van der Waals surface area contributed by atoms with E-state index in [4.69, 9.17) is 19.7 Å². The van der Waals surface area contributed by atoms with E-state index in [1.54, 1.807) is 0 Å². The van der Waals surface area contributed by atoms with Gasteiger partial charge in [0.05, 0.1) is 19.3 Å². The van der Waals surface area contributed by atoms with E-state index in [0.717, 1.165) is 6.08 Å². The molecule has 0 radical (unpaired) electrons. The van der Waals surface area contributed by atoms with Gasteiger partial charge in [-0.25, -0.2) is 4.79 Å². The lowest BCUT2D eigenvalue weighted by Crippen LogP contribution is -2.60. The van der Waals surface area contributed by atoms with Crippen LogP contribution in [0.2, 0.25) is 0 Å². The topological polar surface area (TPSA) is 146 Å². The van der Waals surface area contributed by atoms with Crippen molar-refractivity contribution < 1.29 is 39.5 Å². The molecule has 9 heteroatoms. The molecule has 1 heterocycles. The Morgan fingerprint density at radius 2 is 2.17 bits per heavy atom. The van der Waals surface area contributed by atoms with Crippen LogP contribution in [0.25, 0.3) is 0 Å². The zero-order valence-corrected chi connectivity index (χ0v) is 12.6. The maximum Gasteiger partial charge on any atom is 0.370 e. The zero-order chi connectivity index (χ0) is 17.6. The normalized spacial score (nSPS) is 26.4. The van der Waals surface area contributed by atoms with Crippen molar-refractivity contribution in [1.29, 1.82) is 0 Å². The molecular formula is C14H21NO8. The molecule has 5 N–H and O–H groups in total. The van der Waals surface area contributed by atoms with Gasteiger partial charge < -0.3 is 35.2 Å². The highest BCUT2D eigenvalue weighted by molar-refractivity contribution is 5.84. The van der Waals surface area contributed by atoms with Crippen molar-refractivity contribution >= 4 is 11.9 Å². The van der Waals surface area contributed by atoms with Gasteiger partial charge in [-0.2, -0.15) is 0 Å². The molecule has 1 aliphatic heterocycles. The van der Waals surface area contributed by atoms with E-state index < -0.39 is 54.7 Å². The first-order chi connectivity index (χ1) is 10.8. The molecule has 0 spiro atoms. The lowest BCUT2D eigenvalue weighted by atomic mass is 9.93. The number of carbonyl (C=O) groups excluding carboxylic acids is 1. The minimum Gasteiger partial charge on any atom is -0.478 e. The predicted octanol–water partition coefficient (Wildman–Crippen LogP) is -1.86. The summed E-state index contributed by atoms with van der Waals surface area (Å²) in [6, 6.07) is -0.966. The maximum atomic E-state index is 11.4. The molecule has 0 aromatic heterocycles. The molecule has 0 fully saturated rings. The largest absolute Gasteiger partial charge is 0.478 e. The van der Waals surface area contributed by atoms with Crippen LogP contribution < -0.4 is 5.32 Å². The van der Waals surface area contributed by atoms with E-state index >= 15 is 0 Å². The molecule has 9 nitrogen and oxygen atoms in total. The number of hydrogen-bond acceptors (Lipinski definition) is 7. The van der Waals surface area contributed by atoms with E-state index in [0.29, 0.717) is 0 Å². The molecule has 0 saturated heterocycles. The van der Waals surface area contributed by atoms with Crippen LogP contribution >= 0.6 is 0 Å². The highest BCUT2D eigenvalue weighted by Gasteiger charge is 2.43. The molecule has 23 heavy (non-hydrogen) atoms. The van der Waals surface area contributed by atoms with Crippen LogP contribution in [0.15, 0.2) is 24.5 Å². The molecule has 0 unspecified atom stereocenters. The number of aliphatic hydroxyl groups excluding tert-OH is 3. The van der Waals surface area contributed by atoms with E-state index in [2.05, 4.69) is 11.9 Å². The number of carboxylic acid groups (broad SMARTS) is 1. The fourth-order valence-electron chi connectivity index (χ4n) is 2.16. The number of carbonyl (C=O) groups is 2. The Kier molecular flexibility index (Phi) is 7.17. The number of aliphatic hydroxyl groups is 3. The van der Waals surface area contributed by atoms with Gasteiger partial charge in [0.15, 0.2) is 6.10 Å². The van der Waals surface area contributed by atoms with Gasteiger partial charge >= 0.3 is 5.97 Å². The van der Waals surface area contributed by atoms with E-state index in [1.807, 2.05) is 0 Å². The summed E-state index contributed by atoms with van der Waals surface area (Å²) in [6.45, 7) is 4.01. The summed E-state index contributed by atoms with van der Waals surface area (Å²) in [4.78, 5) is 22.5. The number of rotatable bonds is 8. The second-order valence-corrected chi connectivity index (χ2v) is 4.97. The Morgan fingerprint density at radius 3 is 2.65 bits per heavy atom. The standard InChI is InChI=1S/C14H21NO8/c1-3-4-22-9-5-10(14(20)21)23-13(11(9)15-7(2)17)12(19)8(18)6-16/h3,5,8-9,11-13,16,18-19H,1,4,6H2,2H3,(H,15,17)(H,20,21)/t8-,9+,11-,12-,13-/m1/s1. The lowest BCUT2D eigenvalue weighted by molar-refractivity contribution is -0.151. The summed E-state index contributed by atoms with van der Waals surface area (Å²) < 4.78 is 10.6. The van der Waals surface area contributed by atoms with Gasteiger partial charge in [0.25, 0.3) is 0 Å². The average Bonchev–Trinajstić information content (AvgIpc) is 2.51. The Labute approximate surface area is 132 Å². The molecule has 0 saturated carbocycles. The Bertz CT molecular complexity index is 477. The van der Waals surface area contributed by atoms with Crippen molar-refractivity contribution in [2.45, 2.75) is 37.4 Å². The smallest absolute Gasteiger partial charge is 0.370 e. The van der Waals surface area contributed by atoms with Gasteiger partial charge in [-0.1, -0.05) is 6.08 Å². The van der Waals surface area contributed by atoms with E-state index in [-0.39, 0.29) is 6.61 Å². The lowest BCUT2D eigenvalue weighted by Gasteiger charge is -2.39. The first-order valence-corrected chi connectivity index (χ1v) is 6.90. The van der Waals surface area contributed by atoms with E-state index in [9.17, 15) is 19.8 Å². The molecule has 1 amide bonds. The van der Waals surface area contributed by atoms with Crippen LogP contribution in [0.1, 0.15) is 6.92 Å². The molecule has 1 rings (SSSR count). The molecule has 130 valence electrons. The van der Waals surface area contributed by atoms with Crippen LogP contribution in [0.3, 0.4) is 0 Å². The van der Waals surface area contributed by atoms with Crippen molar-refractivity contribution in [3.8, 4) is 0 Å². The van der Waals surface area contributed by atoms with Gasteiger partial charge in [0.2, 0.25) is 11.7 Å². The van der Waals surface area contributed by atoms with Crippen LogP contribution in [0.4, 0.5) is 0 Å². The monoisotopic (exact) mass is 331 g/mol. The summed E-state index contributed by atoms with van der Waals surface area (Å²) in [6.07, 6.45) is -2.89. The molecule has 0 aromatic rings. The second kappa shape index (κ2) is 8.63. The summed E-state index contributed by atoms with van der Waals surface area (Å²) in [7, 11) is 0. The van der Waals surface area contributed by atoms with Crippen LogP contribution in [-0.2, 0) is 19.1 Å². The number of aliphatic carboxylic acids is 1. The number of ether oxygens (including phenoxy) is 2. The van der Waals surface area contributed by atoms with Crippen molar-refractivity contribution in [2.75, 3.05) is 13.2 Å². The fourth-order valence-corrected chi connectivity index (χ4v) is 2.16. The molecule has 0 bridgehead atoms. The molecule has 1 aliphatic rings. The van der Waals surface area contributed by atoms with Crippen molar-refractivity contribution in [2.24, 2.45) is 0 Å². The van der Waals surface area contributed by atoms with Crippen LogP contribution in [0, 0.1) is 0 Å². The number of hydrogen-bond donors (Lipinski definition) is 5. The Balaban J connectivity index is 3.16. The van der Waals surface area contributed by atoms with Gasteiger partial charge in [0, 0.05) is 6.92 Å². The molecule has 0 aromatic carbocycles. The van der Waals surface area contributed by atoms with E-state index in [1.165, 1.54) is 13.0 Å². The first-order valence-electron chi connectivity index (χ1n) is 6.90. The Morgan fingerprint density at radius 1 is 1.52 bits per heavy atom. The minimum absolute atomic E-state index is 0.0650. The van der Waals surface area contributed by atoms with Crippen molar-refractivity contribution in [3.63, 3.8) is 0 Å². The second-order valence-electron chi connectivity index (χ2n) is 4.97. The van der Waals surface area contributed by atoms with Gasteiger partial charge in [-0.3, -0.25) is 4.79 Å². The summed E-state index contributed by atoms with van der Waals surface area (Å²) >= 11 is 0. The first kappa shape index (κ1) is 19.1. The SMILES string of the molecule is C=CCO[C@H]1C=C(C(=O)O)O[C@@H]([C@H](O)[C@H](O)CO)[C@@H]1NC(C)=O. The summed E-state index contributed by atoms with van der Waals surface area (Å²) in [5.41, 5.74) is 0. The third-order valence-corrected chi connectivity index (χ3v) is 3.19. The third kappa shape index (κ3) is 5.03. The average molecular weight is 331 g/mol. The maximum absolute atomic E-state index is 11.4. The highest BCUT2D eigenvalue weighted by Crippen LogP contribution is 2.24. The summed E-state index contributed by atoms with van der Waals surface area (Å²) in [5.74, 6) is -2.35. The molecule has 5 atom stereocenters. The summed E-state index contributed by atoms with van der Waals surface area (Å²) in [5, 5.41) is 40.2. The number of carboxylic acids is 1. The zero-order valence-electron chi connectivity index (χ0n) is 12.6. The fraction of sp³-hybridized carbons (Fsp3) is 0.571. The molecular weight excluding hydrogens is 310 g/mol. The van der Waals surface area contributed by atoms with Gasteiger partial charge in [-0.15, -0.1) is 6.58 Å². The third-order valence-electron chi connectivity index (χ3n) is 3.19. The molecule has 0 aliphatic carbocycles. The number of amides is 1. The van der Waals surface area contributed by atoms with Crippen molar-refractivity contribution in [1.82, 2.24) is 5.32 Å². The van der Waals surface area contributed by atoms with Crippen LogP contribution in [0.5, 0.6) is 0 Å². The van der Waals surface area contributed by atoms with Gasteiger partial charge in [-0.05, 0) is 6.08 Å². The minimum atomic E-state index is -1.64. The van der Waals surface area contributed by atoms with Crippen LogP contribution in [-0.4, -0.2) is 76.0 Å².